The van der Waals surface area contributed by atoms with Crippen LogP contribution in [0, 0.1) is 5.41 Å². The lowest BCUT2D eigenvalue weighted by atomic mass is 9.96. The van der Waals surface area contributed by atoms with Crippen LogP contribution in [0.5, 0.6) is 0 Å². The Balaban J connectivity index is 2.71. The van der Waals surface area contributed by atoms with Gasteiger partial charge < -0.3 is 5.32 Å². The standard InChI is InChI=1S/C12H17N3O4S/c1-12(2,3)10(16)15-11(17)14-8-4-6-9(7-5-8)20(13,18)19/h4-7H,1-3H3,(H2,13,18,19)(H2,14,15,16,17). The van der Waals surface area contributed by atoms with E-state index in [-0.39, 0.29) is 4.90 Å². The molecule has 3 amide bonds. The molecule has 8 heteroatoms. The minimum absolute atomic E-state index is 0.0609. The maximum atomic E-state index is 11.6. The summed E-state index contributed by atoms with van der Waals surface area (Å²) in [6, 6.07) is 4.59. The summed E-state index contributed by atoms with van der Waals surface area (Å²) in [6.45, 7) is 5.03. The van der Waals surface area contributed by atoms with Crippen molar-refractivity contribution in [3.63, 3.8) is 0 Å². The average Bonchev–Trinajstić information content (AvgIpc) is 2.26. The topological polar surface area (TPSA) is 118 Å². The number of imide groups is 1. The van der Waals surface area contributed by atoms with Gasteiger partial charge in [-0.2, -0.15) is 0 Å². The highest BCUT2D eigenvalue weighted by Crippen LogP contribution is 2.14. The first-order valence-electron chi connectivity index (χ1n) is 5.75. The Hall–Kier alpha value is -1.93. The van der Waals surface area contributed by atoms with Crippen molar-refractivity contribution in [3.05, 3.63) is 24.3 Å². The molecule has 0 aliphatic rings. The molecule has 0 atom stereocenters. The highest BCUT2D eigenvalue weighted by atomic mass is 32.2. The number of nitrogens with one attached hydrogen (secondary N) is 2. The van der Waals surface area contributed by atoms with Crippen LogP contribution < -0.4 is 15.8 Å². The van der Waals surface area contributed by atoms with E-state index < -0.39 is 27.4 Å². The van der Waals surface area contributed by atoms with E-state index in [2.05, 4.69) is 10.6 Å². The third-order valence-electron chi connectivity index (χ3n) is 2.35. The largest absolute Gasteiger partial charge is 0.325 e. The van der Waals surface area contributed by atoms with Crippen molar-refractivity contribution in [2.24, 2.45) is 10.6 Å². The second-order valence-electron chi connectivity index (χ2n) is 5.23. The normalized spacial score (nSPS) is 11.8. The van der Waals surface area contributed by atoms with Crippen molar-refractivity contribution in [2.75, 3.05) is 5.32 Å². The second-order valence-corrected chi connectivity index (χ2v) is 6.79. The van der Waals surface area contributed by atoms with Crippen molar-refractivity contribution >= 4 is 27.6 Å². The van der Waals surface area contributed by atoms with Gasteiger partial charge in [0, 0.05) is 11.1 Å². The Morgan fingerprint density at radius 2 is 1.60 bits per heavy atom. The van der Waals surface area contributed by atoms with Crippen LogP contribution in [0.3, 0.4) is 0 Å². The molecule has 1 rings (SSSR count). The van der Waals surface area contributed by atoms with Gasteiger partial charge in [-0.15, -0.1) is 0 Å². The van der Waals surface area contributed by atoms with Gasteiger partial charge in [-0.25, -0.2) is 18.4 Å². The molecule has 1 aromatic rings. The molecule has 0 aliphatic carbocycles. The Labute approximate surface area is 117 Å². The number of anilines is 1. The van der Waals surface area contributed by atoms with Crippen LogP contribution in [0.25, 0.3) is 0 Å². The third kappa shape index (κ3) is 4.63. The molecular weight excluding hydrogens is 282 g/mol. The summed E-state index contributed by atoms with van der Waals surface area (Å²) >= 11 is 0. The number of nitrogens with two attached hydrogens (primary N) is 1. The fraction of sp³-hybridized carbons (Fsp3) is 0.333. The number of sulfonamides is 1. The van der Waals surface area contributed by atoms with Crippen LogP contribution in [0.4, 0.5) is 10.5 Å². The van der Waals surface area contributed by atoms with E-state index >= 15 is 0 Å². The Morgan fingerprint density at radius 1 is 1.10 bits per heavy atom. The minimum Gasteiger partial charge on any atom is -0.308 e. The van der Waals surface area contributed by atoms with E-state index in [1.807, 2.05) is 0 Å². The van der Waals surface area contributed by atoms with Crippen molar-refractivity contribution in [2.45, 2.75) is 25.7 Å². The van der Waals surface area contributed by atoms with E-state index in [9.17, 15) is 18.0 Å². The quantitative estimate of drug-likeness (QED) is 0.755. The number of amides is 3. The van der Waals surface area contributed by atoms with Crippen molar-refractivity contribution in [1.29, 1.82) is 0 Å². The zero-order valence-corrected chi connectivity index (χ0v) is 12.2. The number of benzene rings is 1. The maximum Gasteiger partial charge on any atom is 0.325 e. The van der Waals surface area contributed by atoms with Gasteiger partial charge in [0.25, 0.3) is 0 Å². The average molecular weight is 299 g/mol. The monoisotopic (exact) mass is 299 g/mol. The van der Waals surface area contributed by atoms with Crippen LogP contribution in [0.2, 0.25) is 0 Å². The number of rotatable bonds is 2. The molecule has 0 heterocycles. The Morgan fingerprint density at radius 3 is 2.00 bits per heavy atom. The van der Waals surface area contributed by atoms with E-state index in [1.54, 1.807) is 20.8 Å². The third-order valence-corrected chi connectivity index (χ3v) is 3.28. The molecule has 1 aromatic carbocycles. The summed E-state index contributed by atoms with van der Waals surface area (Å²) < 4.78 is 22.1. The van der Waals surface area contributed by atoms with Crippen LogP contribution in [-0.2, 0) is 14.8 Å². The lowest BCUT2D eigenvalue weighted by Crippen LogP contribution is -2.41. The number of carbonyl (C=O) groups excluding carboxylic acids is 2. The molecule has 0 aromatic heterocycles. The van der Waals surface area contributed by atoms with Gasteiger partial charge in [-0.3, -0.25) is 10.1 Å². The van der Waals surface area contributed by atoms with E-state index in [1.165, 1.54) is 24.3 Å². The number of hydrogen-bond acceptors (Lipinski definition) is 4. The molecule has 0 bridgehead atoms. The van der Waals surface area contributed by atoms with E-state index in [0.717, 1.165) is 0 Å². The molecule has 4 N–H and O–H groups in total. The minimum atomic E-state index is -3.77. The van der Waals surface area contributed by atoms with E-state index in [4.69, 9.17) is 5.14 Å². The van der Waals surface area contributed by atoms with Gasteiger partial charge in [-0.05, 0) is 24.3 Å². The fourth-order valence-corrected chi connectivity index (χ4v) is 1.70. The SMILES string of the molecule is CC(C)(C)C(=O)NC(=O)Nc1ccc(S(N)(=O)=O)cc1. The summed E-state index contributed by atoms with van der Waals surface area (Å²) in [5.74, 6) is -0.420. The highest BCUT2D eigenvalue weighted by Gasteiger charge is 2.23. The summed E-state index contributed by atoms with van der Waals surface area (Å²) in [5.41, 5.74) is -0.342. The molecule has 110 valence electrons. The summed E-state index contributed by atoms with van der Waals surface area (Å²) in [5, 5.41) is 9.55. The molecule has 0 fully saturated rings. The van der Waals surface area contributed by atoms with Crippen LogP contribution >= 0.6 is 0 Å². The van der Waals surface area contributed by atoms with Gasteiger partial charge >= 0.3 is 6.03 Å². The van der Waals surface area contributed by atoms with Crippen LogP contribution in [0.1, 0.15) is 20.8 Å². The number of hydrogen-bond donors (Lipinski definition) is 3. The van der Waals surface area contributed by atoms with Crippen LogP contribution in [-0.4, -0.2) is 20.4 Å². The van der Waals surface area contributed by atoms with Gasteiger partial charge in [0.15, 0.2) is 0 Å². The van der Waals surface area contributed by atoms with Crippen molar-refractivity contribution < 1.29 is 18.0 Å². The highest BCUT2D eigenvalue weighted by molar-refractivity contribution is 7.89. The first-order valence-corrected chi connectivity index (χ1v) is 7.30. The predicted octanol–water partition coefficient (Wildman–Crippen LogP) is 1.03. The molecule has 0 spiro atoms. The number of carbonyl (C=O) groups is 2. The molecule has 0 unspecified atom stereocenters. The smallest absolute Gasteiger partial charge is 0.308 e. The summed E-state index contributed by atoms with van der Waals surface area (Å²) in [4.78, 5) is 23.1. The Bertz CT molecular complexity index is 615. The summed E-state index contributed by atoms with van der Waals surface area (Å²) in [6.07, 6.45) is 0. The van der Waals surface area contributed by atoms with Gasteiger partial charge in [0.1, 0.15) is 0 Å². The van der Waals surface area contributed by atoms with Gasteiger partial charge in [0.05, 0.1) is 4.90 Å². The second kappa shape index (κ2) is 5.59. The van der Waals surface area contributed by atoms with Crippen molar-refractivity contribution in [1.82, 2.24) is 5.32 Å². The molecular formula is C12H17N3O4S. The first kappa shape index (κ1) is 16.1. The van der Waals surface area contributed by atoms with Gasteiger partial charge in [0.2, 0.25) is 15.9 Å². The lowest BCUT2D eigenvalue weighted by Gasteiger charge is -2.17. The van der Waals surface area contributed by atoms with E-state index in [0.29, 0.717) is 5.69 Å². The number of primary sulfonamides is 1. The van der Waals surface area contributed by atoms with Gasteiger partial charge in [-0.1, -0.05) is 20.8 Å². The predicted molar refractivity (Wildman–Crippen MR) is 74.4 cm³/mol. The molecule has 0 radical (unpaired) electrons. The zero-order chi connectivity index (χ0) is 15.6. The molecule has 7 nitrogen and oxygen atoms in total. The molecule has 0 saturated carbocycles. The zero-order valence-electron chi connectivity index (χ0n) is 11.4. The molecule has 20 heavy (non-hydrogen) atoms. The lowest BCUT2D eigenvalue weighted by molar-refractivity contribution is -0.127. The maximum absolute atomic E-state index is 11.6. The first-order chi connectivity index (χ1) is 9.00. The Kier molecular flexibility index (Phi) is 4.51. The van der Waals surface area contributed by atoms with Crippen LogP contribution in [0.15, 0.2) is 29.2 Å². The molecule has 0 saturated heterocycles. The molecule has 0 aliphatic heterocycles. The number of urea groups is 1. The fourth-order valence-electron chi connectivity index (χ4n) is 1.18. The van der Waals surface area contributed by atoms with Crippen molar-refractivity contribution in [3.8, 4) is 0 Å². The summed E-state index contributed by atoms with van der Waals surface area (Å²) in [7, 11) is -3.77.